The van der Waals surface area contributed by atoms with Gasteiger partial charge in [0, 0.05) is 23.7 Å². The van der Waals surface area contributed by atoms with Crippen molar-refractivity contribution in [3.05, 3.63) is 11.6 Å². The minimum Gasteiger partial charge on any atom is -0.475 e. The van der Waals surface area contributed by atoms with Gasteiger partial charge in [-0.15, -0.1) is 0 Å². The van der Waals surface area contributed by atoms with Gasteiger partial charge in [0.05, 0.1) is 0 Å². The third kappa shape index (κ3) is 3.20. The Hall–Kier alpha value is -2.02. The molecule has 0 amide bonds. The first-order chi connectivity index (χ1) is 17.1. The maximum Gasteiger partial charge on any atom is 0.372 e. The molecule has 0 radical (unpaired) electrons. The average Bonchev–Trinajstić information content (AvgIpc) is 3.38. The summed E-state index contributed by atoms with van der Waals surface area (Å²) in [6.45, 7) is 6.03. The molecule has 3 saturated carbocycles. The Morgan fingerprint density at radius 1 is 0.972 bits per heavy atom. The van der Waals surface area contributed by atoms with E-state index in [-0.39, 0.29) is 35.4 Å². The number of allylic oxidation sites excluding steroid dienone is 2. The first-order valence-corrected chi connectivity index (χ1v) is 14.0. The molecule has 0 aromatic carbocycles. The summed E-state index contributed by atoms with van der Waals surface area (Å²) in [5.41, 5.74) is -0.220. The zero-order valence-corrected chi connectivity index (χ0v) is 21.5. The standard InChI is InChI=1S/C29H38O7/c1-14-4-7-20(25(31)26(32)33)24-19(14)8-6-18-10-11-28(27(34)35-29(18,24)36-28)23-9-5-15(2)21-12-17(16(3)30)13-22(21)23/h13-15,18-24H,4-12H2,1-3H3,(H,32,33)/t14-,15-,18+,19+,20-,21+,22-,23-,24-,28-,29-/m1/s1. The van der Waals surface area contributed by atoms with Crippen molar-refractivity contribution in [2.24, 2.45) is 53.3 Å². The molecule has 7 nitrogen and oxygen atoms in total. The van der Waals surface area contributed by atoms with E-state index < -0.39 is 35.0 Å². The molecule has 5 fully saturated rings. The van der Waals surface area contributed by atoms with Gasteiger partial charge in [0.25, 0.3) is 0 Å². The molecule has 1 spiro atoms. The number of Topliss-reactive ketones (excluding diaryl/α,β-unsaturated/α-hetero) is 2. The van der Waals surface area contributed by atoms with Crippen LogP contribution in [0.15, 0.2) is 11.6 Å². The number of esters is 1. The number of fused-ring (bicyclic) bond motifs is 3. The molecular formula is C29H38O7. The maximum atomic E-state index is 13.9. The first-order valence-electron chi connectivity index (χ1n) is 14.0. The Morgan fingerprint density at radius 3 is 2.42 bits per heavy atom. The van der Waals surface area contributed by atoms with Gasteiger partial charge < -0.3 is 14.6 Å². The molecule has 36 heavy (non-hydrogen) atoms. The second-order valence-corrected chi connectivity index (χ2v) is 12.8. The second kappa shape index (κ2) is 8.24. The zero-order valence-electron chi connectivity index (χ0n) is 21.5. The van der Waals surface area contributed by atoms with Crippen molar-refractivity contribution < 1.29 is 33.8 Å². The molecule has 196 valence electrons. The van der Waals surface area contributed by atoms with Crippen LogP contribution < -0.4 is 0 Å². The monoisotopic (exact) mass is 498 g/mol. The number of carboxylic acid groups (broad SMARTS) is 1. The predicted octanol–water partition coefficient (Wildman–Crippen LogP) is 4.33. The molecule has 11 atom stereocenters. The number of rotatable bonds is 4. The van der Waals surface area contributed by atoms with Gasteiger partial charge in [-0.1, -0.05) is 26.3 Å². The first kappa shape index (κ1) is 24.3. The molecule has 4 aliphatic carbocycles. The fourth-order valence-corrected chi connectivity index (χ4v) is 9.50. The Kier molecular flexibility index (Phi) is 5.57. The Balaban J connectivity index is 1.41. The quantitative estimate of drug-likeness (QED) is 0.454. The van der Waals surface area contributed by atoms with E-state index in [4.69, 9.17) is 9.47 Å². The van der Waals surface area contributed by atoms with Crippen LogP contribution >= 0.6 is 0 Å². The van der Waals surface area contributed by atoms with Crippen molar-refractivity contribution in [1.82, 2.24) is 0 Å². The van der Waals surface area contributed by atoms with Gasteiger partial charge in [-0.25, -0.2) is 9.59 Å². The number of carboxylic acids is 1. The predicted molar refractivity (Wildman–Crippen MR) is 128 cm³/mol. The van der Waals surface area contributed by atoms with Gasteiger partial charge in [-0.05, 0) is 93.5 Å². The number of carbonyl (C=O) groups is 4. The van der Waals surface area contributed by atoms with Crippen LogP contribution in [0.5, 0.6) is 0 Å². The molecule has 7 heteroatoms. The van der Waals surface area contributed by atoms with E-state index in [0.29, 0.717) is 30.6 Å². The van der Waals surface area contributed by atoms with Crippen LogP contribution in [0.1, 0.15) is 78.6 Å². The minimum atomic E-state index is -1.41. The van der Waals surface area contributed by atoms with Gasteiger partial charge in [-0.2, -0.15) is 0 Å². The van der Waals surface area contributed by atoms with Crippen LogP contribution in [0.3, 0.4) is 0 Å². The lowest BCUT2D eigenvalue weighted by atomic mass is 9.54. The normalized spacial score (nSPS) is 49.2. The summed E-state index contributed by atoms with van der Waals surface area (Å²) in [6.07, 6.45) is 9.12. The van der Waals surface area contributed by atoms with E-state index in [1.807, 2.05) is 0 Å². The highest BCUT2D eigenvalue weighted by Crippen LogP contribution is 2.65. The summed E-state index contributed by atoms with van der Waals surface area (Å²) >= 11 is 0. The summed E-state index contributed by atoms with van der Waals surface area (Å²) in [5, 5.41) is 9.63. The highest BCUT2D eigenvalue weighted by Gasteiger charge is 2.74. The van der Waals surface area contributed by atoms with Gasteiger partial charge in [0.1, 0.15) is 0 Å². The molecule has 1 N–H and O–H groups in total. The molecule has 6 aliphatic rings. The van der Waals surface area contributed by atoms with Gasteiger partial charge >= 0.3 is 11.9 Å². The smallest absolute Gasteiger partial charge is 0.372 e. The van der Waals surface area contributed by atoms with Crippen LogP contribution in [-0.4, -0.2) is 40.0 Å². The molecular weight excluding hydrogens is 460 g/mol. The van der Waals surface area contributed by atoms with E-state index in [1.54, 1.807) is 6.92 Å². The van der Waals surface area contributed by atoms with Crippen LogP contribution in [-0.2, 0) is 28.7 Å². The Bertz CT molecular complexity index is 1050. The van der Waals surface area contributed by atoms with Crippen LogP contribution in [0, 0.1) is 53.3 Å². The molecule has 0 aromatic heterocycles. The third-order valence-corrected chi connectivity index (χ3v) is 11.3. The topological polar surface area (TPSA) is 107 Å². The highest BCUT2D eigenvalue weighted by atomic mass is 16.8. The summed E-state index contributed by atoms with van der Waals surface area (Å²) in [6, 6.07) is 0. The lowest BCUT2D eigenvalue weighted by Crippen LogP contribution is -2.63. The number of hydrogen-bond donors (Lipinski definition) is 1. The SMILES string of the molecule is CC(=O)C1=C[C@@H]2[C@@H](C1)[C@H](C)CC[C@H]2[C@]12CC[C@@H]3CC[C@@H]4[C@H]([C@H](C(=O)C(=O)O)CC[C@H]4C)[C@]3(OC1=O)O2. The Morgan fingerprint density at radius 2 is 1.69 bits per heavy atom. The zero-order chi connectivity index (χ0) is 25.6. The summed E-state index contributed by atoms with van der Waals surface area (Å²) < 4.78 is 13.4. The lowest BCUT2D eigenvalue weighted by Gasteiger charge is -2.57. The van der Waals surface area contributed by atoms with E-state index >= 15 is 0 Å². The maximum absolute atomic E-state index is 13.9. The van der Waals surface area contributed by atoms with Crippen molar-refractivity contribution in [2.75, 3.05) is 0 Å². The van der Waals surface area contributed by atoms with E-state index in [0.717, 1.165) is 50.5 Å². The summed E-state index contributed by atoms with van der Waals surface area (Å²) in [4.78, 5) is 50.9. The number of aliphatic carboxylic acids is 1. The molecule has 0 aromatic rings. The van der Waals surface area contributed by atoms with Crippen molar-refractivity contribution in [3.8, 4) is 0 Å². The van der Waals surface area contributed by atoms with Gasteiger partial charge in [0.15, 0.2) is 11.4 Å². The van der Waals surface area contributed by atoms with E-state index in [1.165, 1.54) is 0 Å². The van der Waals surface area contributed by atoms with Crippen molar-refractivity contribution in [3.63, 3.8) is 0 Å². The van der Waals surface area contributed by atoms with Crippen LogP contribution in [0.2, 0.25) is 0 Å². The Labute approximate surface area is 212 Å². The van der Waals surface area contributed by atoms with Gasteiger partial charge in [-0.3, -0.25) is 9.59 Å². The number of ether oxygens (including phenoxy) is 2. The second-order valence-electron chi connectivity index (χ2n) is 12.8. The van der Waals surface area contributed by atoms with Crippen LogP contribution in [0.25, 0.3) is 0 Å². The van der Waals surface area contributed by atoms with Gasteiger partial charge in [0.2, 0.25) is 11.6 Å². The van der Waals surface area contributed by atoms with Crippen molar-refractivity contribution in [2.45, 2.75) is 89.9 Å². The number of hydrogen-bond acceptors (Lipinski definition) is 6. The molecule has 6 rings (SSSR count). The highest BCUT2D eigenvalue weighted by molar-refractivity contribution is 6.33. The summed E-state index contributed by atoms with van der Waals surface area (Å²) in [5.74, 6) is -3.52. The van der Waals surface area contributed by atoms with E-state index in [2.05, 4.69) is 19.9 Å². The number of ketones is 2. The molecule has 2 saturated heterocycles. The largest absolute Gasteiger partial charge is 0.475 e. The van der Waals surface area contributed by atoms with Crippen molar-refractivity contribution >= 4 is 23.5 Å². The van der Waals surface area contributed by atoms with Crippen molar-refractivity contribution in [1.29, 1.82) is 0 Å². The fraction of sp³-hybridized carbons (Fsp3) is 0.793. The minimum absolute atomic E-state index is 0.0158. The number of carbonyl (C=O) groups excluding carboxylic acids is 3. The molecule has 2 aliphatic heterocycles. The molecule has 2 bridgehead atoms. The molecule has 0 unspecified atom stereocenters. The fourth-order valence-electron chi connectivity index (χ4n) is 9.50. The summed E-state index contributed by atoms with van der Waals surface area (Å²) in [7, 11) is 0. The molecule has 2 heterocycles. The lowest BCUT2D eigenvalue weighted by molar-refractivity contribution is -0.319. The third-order valence-electron chi connectivity index (χ3n) is 11.3. The van der Waals surface area contributed by atoms with Crippen LogP contribution in [0.4, 0.5) is 0 Å². The average molecular weight is 499 g/mol. The van der Waals surface area contributed by atoms with E-state index in [9.17, 15) is 24.3 Å².